The predicted molar refractivity (Wildman–Crippen MR) is 71.3 cm³/mol. The average Bonchev–Trinajstić information content (AvgIpc) is 2.57. The normalized spacial score (nSPS) is 13.0. The fraction of sp³-hybridized carbons (Fsp3) is 0.692. The van der Waals surface area contributed by atoms with Gasteiger partial charge in [-0.2, -0.15) is 0 Å². The molecule has 1 unspecified atom stereocenters. The van der Waals surface area contributed by atoms with Gasteiger partial charge in [-0.1, -0.05) is 0 Å². The Morgan fingerprint density at radius 3 is 2.75 bits per heavy atom. The van der Waals surface area contributed by atoms with Crippen molar-refractivity contribution in [2.24, 2.45) is 0 Å². The first-order valence-electron chi connectivity index (χ1n) is 6.03. The summed E-state index contributed by atoms with van der Waals surface area (Å²) >= 11 is 1.88. The molecule has 0 saturated heterocycles. The van der Waals surface area contributed by atoms with Crippen molar-refractivity contribution in [3.05, 3.63) is 21.4 Å². The molecular weight excluding hydrogens is 218 g/mol. The van der Waals surface area contributed by atoms with Crippen molar-refractivity contribution < 1.29 is 4.74 Å². The van der Waals surface area contributed by atoms with Crippen LogP contribution in [0, 0.1) is 13.8 Å². The van der Waals surface area contributed by atoms with Crippen molar-refractivity contribution in [3.8, 4) is 0 Å². The molecule has 0 aliphatic rings. The lowest BCUT2D eigenvalue weighted by Gasteiger charge is -2.13. The summed E-state index contributed by atoms with van der Waals surface area (Å²) in [6.45, 7) is 11.3. The molecule has 1 aromatic rings. The molecule has 1 N–H and O–H groups in total. The van der Waals surface area contributed by atoms with Crippen molar-refractivity contribution in [2.75, 3.05) is 19.8 Å². The molecule has 0 amide bonds. The topological polar surface area (TPSA) is 21.3 Å². The lowest BCUT2D eigenvalue weighted by molar-refractivity contribution is 0.144. The number of hydrogen-bond acceptors (Lipinski definition) is 3. The van der Waals surface area contributed by atoms with E-state index >= 15 is 0 Å². The maximum atomic E-state index is 5.31. The SMILES string of the molecule is CCOCCCNC(C)c1cc(C)sc1C. The standard InChI is InChI=1S/C13H23NOS/c1-5-15-8-6-7-14-11(3)13-9-10(2)16-12(13)4/h9,11,14H,5-8H2,1-4H3. The summed E-state index contributed by atoms with van der Waals surface area (Å²) in [6, 6.07) is 2.74. The summed E-state index contributed by atoms with van der Waals surface area (Å²) in [5, 5.41) is 3.54. The van der Waals surface area contributed by atoms with E-state index in [1.165, 1.54) is 15.3 Å². The number of thiophene rings is 1. The number of hydrogen-bond donors (Lipinski definition) is 1. The zero-order valence-corrected chi connectivity index (χ0v) is 11.6. The van der Waals surface area contributed by atoms with Crippen LogP contribution >= 0.6 is 11.3 Å². The molecule has 16 heavy (non-hydrogen) atoms. The van der Waals surface area contributed by atoms with E-state index in [-0.39, 0.29) is 0 Å². The van der Waals surface area contributed by atoms with E-state index in [4.69, 9.17) is 4.74 Å². The van der Waals surface area contributed by atoms with Gasteiger partial charge in [0, 0.05) is 29.0 Å². The van der Waals surface area contributed by atoms with E-state index in [1.54, 1.807) is 0 Å². The number of ether oxygens (including phenoxy) is 1. The number of nitrogens with one attached hydrogen (secondary N) is 1. The third-order valence-electron chi connectivity index (χ3n) is 2.67. The van der Waals surface area contributed by atoms with Gasteiger partial charge in [-0.05, 0) is 52.3 Å². The average molecular weight is 241 g/mol. The summed E-state index contributed by atoms with van der Waals surface area (Å²) < 4.78 is 5.31. The van der Waals surface area contributed by atoms with Gasteiger partial charge in [0.2, 0.25) is 0 Å². The van der Waals surface area contributed by atoms with Gasteiger partial charge in [-0.25, -0.2) is 0 Å². The van der Waals surface area contributed by atoms with Crippen molar-refractivity contribution in [2.45, 2.75) is 40.2 Å². The molecule has 1 heterocycles. The van der Waals surface area contributed by atoms with Crippen LogP contribution < -0.4 is 5.32 Å². The minimum absolute atomic E-state index is 0.451. The van der Waals surface area contributed by atoms with Crippen molar-refractivity contribution in [1.82, 2.24) is 5.32 Å². The summed E-state index contributed by atoms with van der Waals surface area (Å²) in [6.07, 6.45) is 1.08. The largest absolute Gasteiger partial charge is 0.382 e. The smallest absolute Gasteiger partial charge is 0.0477 e. The van der Waals surface area contributed by atoms with Crippen LogP contribution in [0.25, 0.3) is 0 Å². The summed E-state index contributed by atoms with van der Waals surface area (Å²) in [5.41, 5.74) is 1.44. The van der Waals surface area contributed by atoms with E-state index in [2.05, 4.69) is 32.2 Å². The molecule has 0 spiro atoms. The van der Waals surface area contributed by atoms with Crippen molar-refractivity contribution in [3.63, 3.8) is 0 Å². The molecule has 0 aliphatic carbocycles. The zero-order chi connectivity index (χ0) is 12.0. The lowest BCUT2D eigenvalue weighted by Crippen LogP contribution is -2.21. The highest BCUT2D eigenvalue weighted by atomic mass is 32.1. The fourth-order valence-corrected chi connectivity index (χ4v) is 2.85. The van der Waals surface area contributed by atoms with Crippen LogP contribution in [0.3, 0.4) is 0 Å². The van der Waals surface area contributed by atoms with E-state index in [0.717, 1.165) is 26.2 Å². The van der Waals surface area contributed by atoms with Gasteiger partial charge in [-0.15, -0.1) is 11.3 Å². The minimum atomic E-state index is 0.451. The summed E-state index contributed by atoms with van der Waals surface area (Å²) in [4.78, 5) is 2.83. The van der Waals surface area contributed by atoms with Gasteiger partial charge < -0.3 is 10.1 Å². The number of rotatable bonds is 7. The highest BCUT2D eigenvalue weighted by molar-refractivity contribution is 7.12. The van der Waals surface area contributed by atoms with Crippen LogP contribution in [0.4, 0.5) is 0 Å². The Morgan fingerprint density at radius 2 is 2.19 bits per heavy atom. The summed E-state index contributed by atoms with van der Waals surface area (Å²) in [5.74, 6) is 0. The Morgan fingerprint density at radius 1 is 1.44 bits per heavy atom. The van der Waals surface area contributed by atoms with E-state index in [1.807, 2.05) is 18.3 Å². The highest BCUT2D eigenvalue weighted by Crippen LogP contribution is 2.25. The zero-order valence-electron chi connectivity index (χ0n) is 10.8. The van der Waals surface area contributed by atoms with Gasteiger partial charge in [0.15, 0.2) is 0 Å². The van der Waals surface area contributed by atoms with Crippen LogP contribution in [0.15, 0.2) is 6.07 Å². The molecule has 1 rings (SSSR count). The Hall–Kier alpha value is -0.380. The third-order valence-corrected chi connectivity index (χ3v) is 3.65. The monoisotopic (exact) mass is 241 g/mol. The molecule has 92 valence electrons. The van der Waals surface area contributed by atoms with Crippen LogP contribution in [0.5, 0.6) is 0 Å². The Labute approximate surface area is 103 Å². The van der Waals surface area contributed by atoms with Crippen LogP contribution in [0.1, 0.15) is 41.6 Å². The quantitative estimate of drug-likeness (QED) is 0.738. The highest BCUT2D eigenvalue weighted by Gasteiger charge is 2.09. The molecular formula is C13H23NOS. The van der Waals surface area contributed by atoms with Crippen LogP contribution in [-0.4, -0.2) is 19.8 Å². The predicted octanol–water partition coefficient (Wildman–Crippen LogP) is 3.44. The first-order chi connectivity index (χ1) is 7.65. The second kappa shape index (κ2) is 7.05. The second-order valence-electron chi connectivity index (χ2n) is 4.09. The van der Waals surface area contributed by atoms with Gasteiger partial charge >= 0.3 is 0 Å². The molecule has 0 saturated carbocycles. The lowest BCUT2D eigenvalue weighted by atomic mass is 10.1. The summed E-state index contributed by atoms with van der Waals surface area (Å²) in [7, 11) is 0. The van der Waals surface area contributed by atoms with E-state index in [9.17, 15) is 0 Å². The van der Waals surface area contributed by atoms with E-state index < -0.39 is 0 Å². The van der Waals surface area contributed by atoms with Crippen LogP contribution in [0.2, 0.25) is 0 Å². The first-order valence-corrected chi connectivity index (χ1v) is 6.84. The second-order valence-corrected chi connectivity index (χ2v) is 5.56. The van der Waals surface area contributed by atoms with Crippen molar-refractivity contribution >= 4 is 11.3 Å². The third kappa shape index (κ3) is 4.24. The minimum Gasteiger partial charge on any atom is -0.382 e. The first kappa shape index (κ1) is 13.7. The Kier molecular flexibility index (Phi) is 6.03. The molecule has 0 aromatic carbocycles. The molecule has 1 atom stereocenters. The van der Waals surface area contributed by atoms with Crippen molar-refractivity contribution in [1.29, 1.82) is 0 Å². The van der Waals surface area contributed by atoms with Gasteiger partial charge in [-0.3, -0.25) is 0 Å². The van der Waals surface area contributed by atoms with Gasteiger partial charge in [0.1, 0.15) is 0 Å². The fourth-order valence-electron chi connectivity index (χ4n) is 1.83. The molecule has 0 aliphatic heterocycles. The Bertz CT molecular complexity index is 309. The maximum absolute atomic E-state index is 5.31. The van der Waals surface area contributed by atoms with Gasteiger partial charge in [0.25, 0.3) is 0 Å². The molecule has 0 fully saturated rings. The molecule has 0 radical (unpaired) electrons. The van der Waals surface area contributed by atoms with Gasteiger partial charge in [0.05, 0.1) is 0 Å². The molecule has 1 aromatic heterocycles. The Balaban J connectivity index is 2.29. The van der Waals surface area contributed by atoms with E-state index in [0.29, 0.717) is 6.04 Å². The molecule has 3 heteroatoms. The number of aryl methyl sites for hydroxylation is 2. The van der Waals surface area contributed by atoms with Crippen LogP contribution in [-0.2, 0) is 4.74 Å². The molecule has 0 bridgehead atoms. The maximum Gasteiger partial charge on any atom is 0.0477 e. The molecule has 2 nitrogen and oxygen atoms in total.